The molecule has 0 saturated heterocycles. The first-order valence-corrected chi connectivity index (χ1v) is 5.20. The summed E-state index contributed by atoms with van der Waals surface area (Å²) < 4.78 is 16.3. The van der Waals surface area contributed by atoms with Gasteiger partial charge < -0.3 is 13.9 Å². The minimum absolute atomic E-state index is 0.240. The lowest BCUT2D eigenvalue weighted by Gasteiger charge is -2.19. The predicted octanol–water partition coefficient (Wildman–Crippen LogP) is 2.17. The fourth-order valence-corrected chi connectivity index (χ4v) is 1.71. The minimum atomic E-state index is 0.240. The second kappa shape index (κ2) is 3.64. The van der Waals surface area contributed by atoms with Crippen LogP contribution in [0.25, 0.3) is 11.5 Å². The molecular weight excluding hydrogens is 228 g/mol. The van der Waals surface area contributed by atoms with E-state index >= 15 is 0 Å². The highest BCUT2D eigenvalue weighted by Crippen LogP contribution is 2.38. The molecule has 0 atom stereocenters. The summed E-state index contributed by atoms with van der Waals surface area (Å²) in [6.07, 6.45) is 0. The van der Waals surface area contributed by atoms with Gasteiger partial charge in [0.05, 0.1) is 5.56 Å². The number of aromatic nitrogens is 2. The van der Waals surface area contributed by atoms with Gasteiger partial charge in [0, 0.05) is 0 Å². The van der Waals surface area contributed by atoms with Crippen LogP contribution in [-0.2, 0) is 0 Å². The van der Waals surface area contributed by atoms with E-state index in [0.717, 1.165) is 5.56 Å². The number of hydrogen-bond donors (Lipinski definition) is 1. The van der Waals surface area contributed by atoms with Crippen molar-refractivity contribution in [2.75, 3.05) is 13.2 Å². The third-order valence-electron chi connectivity index (χ3n) is 2.23. The number of H-pyrrole nitrogens is 1. The topological polar surface area (TPSA) is 60.3 Å². The molecule has 1 aromatic heterocycles. The largest absolute Gasteiger partial charge is 0.486 e. The highest BCUT2D eigenvalue weighted by atomic mass is 32.1. The van der Waals surface area contributed by atoms with Crippen LogP contribution < -0.4 is 9.47 Å². The van der Waals surface area contributed by atoms with Crippen molar-refractivity contribution in [2.24, 2.45) is 0 Å². The zero-order chi connectivity index (χ0) is 11.0. The fourth-order valence-electron chi connectivity index (χ4n) is 1.59. The maximum Gasteiger partial charge on any atom is 0.284 e. The van der Waals surface area contributed by atoms with Crippen LogP contribution in [0.5, 0.6) is 11.5 Å². The molecule has 0 bridgehead atoms. The number of rotatable bonds is 1. The Bertz CT molecular complexity index is 575. The van der Waals surface area contributed by atoms with Gasteiger partial charge in [0.25, 0.3) is 4.84 Å². The van der Waals surface area contributed by atoms with Crippen LogP contribution >= 0.6 is 12.2 Å². The molecule has 0 amide bonds. The molecule has 82 valence electrons. The third-order valence-corrected chi connectivity index (χ3v) is 2.41. The Morgan fingerprint density at radius 3 is 2.94 bits per heavy atom. The molecule has 6 heteroatoms. The van der Waals surface area contributed by atoms with E-state index in [1.807, 2.05) is 18.2 Å². The Kier molecular flexibility index (Phi) is 2.14. The number of nitrogens with zero attached hydrogens (tertiary/aromatic N) is 1. The number of benzene rings is 1. The summed E-state index contributed by atoms with van der Waals surface area (Å²) in [7, 11) is 0. The maximum absolute atomic E-state index is 5.55. The first-order chi connectivity index (χ1) is 7.84. The van der Waals surface area contributed by atoms with Crippen LogP contribution in [-0.4, -0.2) is 23.4 Å². The van der Waals surface area contributed by atoms with Crippen molar-refractivity contribution >= 4 is 12.2 Å². The van der Waals surface area contributed by atoms with E-state index in [1.165, 1.54) is 0 Å². The standard InChI is InChI=1S/C10H8N2O3S/c16-10-12-11-9(15-10)6-2-1-3-7-8(6)14-5-4-13-7/h1-3H,4-5H2,(H,12,16). The second-order valence-corrected chi connectivity index (χ2v) is 3.62. The van der Waals surface area contributed by atoms with E-state index in [4.69, 9.17) is 26.1 Å². The maximum atomic E-state index is 5.55. The summed E-state index contributed by atoms with van der Waals surface area (Å²) in [6.45, 7) is 1.08. The molecule has 3 rings (SSSR count). The summed E-state index contributed by atoms with van der Waals surface area (Å²) in [6, 6.07) is 5.55. The van der Waals surface area contributed by atoms with Crippen molar-refractivity contribution in [2.45, 2.75) is 0 Å². The molecule has 0 fully saturated rings. The first kappa shape index (κ1) is 9.41. The van der Waals surface area contributed by atoms with Crippen LogP contribution in [0.3, 0.4) is 0 Å². The number of aromatic amines is 1. The number of fused-ring (bicyclic) bond motifs is 1. The smallest absolute Gasteiger partial charge is 0.284 e. The van der Waals surface area contributed by atoms with E-state index < -0.39 is 0 Å². The highest BCUT2D eigenvalue weighted by molar-refractivity contribution is 7.71. The SMILES string of the molecule is S=c1[nH]nc(-c2cccc3c2OCCO3)o1. The summed E-state index contributed by atoms with van der Waals surface area (Å²) in [4.78, 5) is 0.240. The molecule has 0 aliphatic carbocycles. The van der Waals surface area contributed by atoms with Crippen LogP contribution in [0.4, 0.5) is 0 Å². The number of hydrogen-bond acceptors (Lipinski definition) is 5. The van der Waals surface area contributed by atoms with Crippen LogP contribution in [0.1, 0.15) is 0 Å². The summed E-state index contributed by atoms with van der Waals surface area (Å²) in [5, 5.41) is 6.54. The Labute approximate surface area is 96.0 Å². The van der Waals surface area contributed by atoms with E-state index in [9.17, 15) is 0 Å². The third kappa shape index (κ3) is 1.47. The molecule has 0 spiro atoms. The van der Waals surface area contributed by atoms with Gasteiger partial charge in [0.2, 0.25) is 5.89 Å². The second-order valence-electron chi connectivity index (χ2n) is 3.25. The molecule has 2 aromatic rings. The van der Waals surface area contributed by atoms with Gasteiger partial charge >= 0.3 is 0 Å². The Hall–Kier alpha value is -1.82. The average Bonchev–Trinajstić information content (AvgIpc) is 2.75. The van der Waals surface area contributed by atoms with Gasteiger partial charge in [-0.1, -0.05) is 6.07 Å². The average molecular weight is 236 g/mol. The van der Waals surface area contributed by atoms with Crippen molar-refractivity contribution in [3.8, 4) is 23.0 Å². The lowest BCUT2D eigenvalue weighted by atomic mass is 10.2. The van der Waals surface area contributed by atoms with Crippen molar-refractivity contribution in [1.82, 2.24) is 10.2 Å². The molecule has 16 heavy (non-hydrogen) atoms. The molecular formula is C10H8N2O3S. The normalized spacial score (nSPS) is 13.8. The Morgan fingerprint density at radius 1 is 1.25 bits per heavy atom. The highest BCUT2D eigenvalue weighted by Gasteiger charge is 2.19. The van der Waals surface area contributed by atoms with Gasteiger partial charge in [-0.25, -0.2) is 5.10 Å². The lowest BCUT2D eigenvalue weighted by Crippen LogP contribution is -2.15. The van der Waals surface area contributed by atoms with E-state index in [-0.39, 0.29) is 4.84 Å². The van der Waals surface area contributed by atoms with Crippen molar-refractivity contribution in [3.05, 3.63) is 23.0 Å². The van der Waals surface area contributed by atoms with Gasteiger partial charge in [-0.15, -0.1) is 5.10 Å². The van der Waals surface area contributed by atoms with Gasteiger partial charge in [0.1, 0.15) is 13.2 Å². The van der Waals surface area contributed by atoms with E-state index in [2.05, 4.69) is 10.2 Å². The van der Waals surface area contributed by atoms with Gasteiger partial charge in [-0.05, 0) is 24.4 Å². The monoisotopic (exact) mass is 236 g/mol. The fraction of sp³-hybridized carbons (Fsp3) is 0.200. The van der Waals surface area contributed by atoms with Crippen LogP contribution in [0, 0.1) is 4.84 Å². The summed E-state index contributed by atoms with van der Waals surface area (Å²) >= 11 is 4.83. The quantitative estimate of drug-likeness (QED) is 0.769. The summed E-state index contributed by atoms with van der Waals surface area (Å²) in [5.74, 6) is 1.76. The van der Waals surface area contributed by atoms with Crippen molar-refractivity contribution in [3.63, 3.8) is 0 Å². The van der Waals surface area contributed by atoms with Crippen LogP contribution in [0.15, 0.2) is 22.6 Å². The molecule has 0 radical (unpaired) electrons. The first-order valence-electron chi connectivity index (χ1n) is 4.79. The molecule has 2 heterocycles. The lowest BCUT2D eigenvalue weighted by molar-refractivity contribution is 0.172. The number of ether oxygens (including phenoxy) is 2. The molecule has 1 aromatic carbocycles. The molecule has 5 nitrogen and oxygen atoms in total. The zero-order valence-corrected chi connectivity index (χ0v) is 9.04. The van der Waals surface area contributed by atoms with Gasteiger partial charge in [-0.3, -0.25) is 0 Å². The van der Waals surface area contributed by atoms with Crippen molar-refractivity contribution < 1.29 is 13.9 Å². The Balaban J connectivity index is 2.17. The Morgan fingerprint density at radius 2 is 2.12 bits per heavy atom. The van der Waals surface area contributed by atoms with Crippen LogP contribution in [0.2, 0.25) is 0 Å². The van der Waals surface area contributed by atoms with Crippen molar-refractivity contribution in [1.29, 1.82) is 0 Å². The molecule has 1 N–H and O–H groups in total. The zero-order valence-electron chi connectivity index (χ0n) is 8.23. The molecule has 0 unspecified atom stereocenters. The molecule has 1 aliphatic rings. The van der Waals surface area contributed by atoms with E-state index in [0.29, 0.717) is 30.6 Å². The van der Waals surface area contributed by atoms with Gasteiger partial charge in [-0.2, -0.15) is 0 Å². The number of nitrogens with one attached hydrogen (secondary N) is 1. The summed E-state index contributed by atoms with van der Waals surface area (Å²) in [5.41, 5.74) is 0.740. The number of para-hydroxylation sites is 1. The van der Waals surface area contributed by atoms with Gasteiger partial charge in [0.15, 0.2) is 11.5 Å². The minimum Gasteiger partial charge on any atom is -0.486 e. The van der Waals surface area contributed by atoms with E-state index in [1.54, 1.807) is 0 Å². The molecule has 1 aliphatic heterocycles. The molecule has 0 saturated carbocycles. The predicted molar refractivity (Wildman–Crippen MR) is 58.1 cm³/mol.